The molecular weight excluding hydrogens is 308 g/mol. The van der Waals surface area contributed by atoms with E-state index in [0.29, 0.717) is 5.92 Å². The van der Waals surface area contributed by atoms with Crippen molar-refractivity contribution in [1.29, 1.82) is 0 Å². The van der Waals surface area contributed by atoms with Crippen LogP contribution in [-0.4, -0.2) is 5.25 Å². The summed E-state index contributed by atoms with van der Waals surface area (Å²) in [4.78, 5) is 0.924. The lowest BCUT2D eigenvalue weighted by Gasteiger charge is -2.41. The van der Waals surface area contributed by atoms with E-state index in [1.54, 1.807) is 0 Å². The highest BCUT2D eigenvalue weighted by Gasteiger charge is 2.40. The summed E-state index contributed by atoms with van der Waals surface area (Å²) in [7, 11) is 0. The van der Waals surface area contributed by atoms with Gasteiger partial charge in [-0.1, -0.05) is 32.9 Å². The maximum Gasteiger partial charge on any atom is 0.132 e. The SMILES string of the molecule is CC=C1/C(=C\C(C)S)Oc2cc(S)ccc2C1(C)CC(C)C. The molecule has 1 heterocycles. The van der Waals surface area contributed by atoms with Gasteiger partial charge >= 0.3 is 0 Å². The topological polar surface area (TPSA) is 9.23 Å². The summed E-state index contributed by atoms with van der Waals surface area (Å²) in [6.07, 6.45) is 5.35. The zero-order chi connectivity index (χ0) is 16.5. The van der Waals surface area contributed by atoms with Crippen LogP contribution in [0, 0.1) is 5.92 Å². The Bertz CT molecular complexity index is 614. The van der Waals surface area contributed by atoms with Crippen LogP contribution in [0.4, 0.5) is 0 Å². The van der Waals surface area contributed by atoms with E-state index in [0.717, 1.165) is 22.8 Å². The third-order valence-corrected chi connectivity index (χ3v) is 4.56. The van der Waals surface area contributed by atoms with E-state index in [1.807, 2.05) is 12.1 Å². The van der Waals surface area contributed by atoms with E-state index in [-0.39, 0.29) is 10.7 Å². The van der Waals surface area contributed by atoms with Gasteiger partial charge in [0.15, 0.2) is 0 Å². The van der Waals surface area contributed by atoms with Crippen molar-refractivity contribution in [3.05, 3.63) is 47.2 Å². The van der Waals surface area contributed by atoms with Crippen LogP contribution in [0.5, 0.6) is 5.75 Å². The molecule has 0 aliphatic carbocycles. The van der Waals surface area contributed by atoms with Gasteiger partial charge in [-0.15, -0.1) is 12.6 Å². The smallest absolute Gasteiger partial charge is 0.132 e. The van der Waals surface area contributed by atoms with Gasteiger partial charge in [0.1, 0.15) is 11.5 Å². The molecular formula is C19H26OS2. The van der Waals surface area contributed by atoms with E-state index < -0.39 is 0 Å². The molecule has 1 aliphatic rings. The minimum absolute atomic E-state index is 0.0491. The van der Waals surface area contributed by atoms with Crippen molar-refractivity contribution < 1.29 is 4.74 Å². The molecule has 1 aromatic carbocycles. The molecule has 2 unspecified atom stereocenters. The molecule has 120 valence electrons. The van der Waals surface area contributed by atoms with Crippen LogP contribution in [0.2, 0.25) is 0 Å². The largest absolute Gasteiger partial charge is 0.457 e. The summed E-state index contributed by atoms with van der Waals surface area (Å²) in [5.41, 5.74) is 2.45. The summed E-state index contributed by atoms with van der Waals surface area (Å²) in [5, 5.41) is 0.147. The van der Waals surface area contributed by atoms with Crippen LogP contribution < -0.4 is 4.74 Å². The Morgan fingerprint density at radius 3 is 2.50 bits per heavy atom. The molecule has 1 aliphatic heterocycles. The maximum atomic E-state index is 6.20. The number of hydrogen-bond acceptors (Lipinski definition) is 3. The molecule has 0 N–H and O–H groups in total. The van der Waals surface area contributed by atoms with Crippen molar-refractivity contribution in [3.8, 4) is 5.75 Å². The van der Waals surface area contributed by atoms with Crippen molar-refractivity contribution in [2.75, 3.05) is 0 Å². The van der Waals surface area contributed by atoms with Crippen LogP contribution in [0.1, 0.15) is 46.6 Å². The molecule has 3 heteroatoms. The fraction of sp³-hybridized carbons (Fsp3) is 0.474. The standard InChI is InChI=1S/C19H26OS2/c1-6-15-17(9-13(4)21)20-18-10-14(22)7-8-16(18)19(15,5)11-12(2)3/h6-10,12-13,21-22H,11H2,1-5H3/b15-6?,17-9+. The van der Waals surface area contributed by atoms with E-state index in [4.69, 9.17) is 4.74 Å². The van der Waals surface area contributed by atoms with Crippen LogP contribution in [0.3, 0.4) is 0 Å². The summed E-state index contributed by atoms with van der Waals surface area (Å²) in [6, 6.07) is 6.22. The molecule has 0 fully saturated rings. The molecule has 0 bridgehead atoms. The number of benzene rings is 1. The Morgan fingerprint density at radius 1 is 1.27 bits per heavy atom. The number of rotatable bonds is 3. The van der Waals surface area contributed by atoms with E-state index in [9.17, 15) is 0 Å². The second kappa shape index (κ2) is 6.76. The van der Waals surface area contributed by atoms with Gasteiger partial charge in [-0.2, -0.15) is 12.6 Å². The van der Waals surface area contributed by atoms with E-state index >= 15 is 0 Å². The molecule has 1 aromatic rings. The summed E-state index contributed by atoms with van der Waals surface area (Å²) in [6.45, 7) is 11.0. The summed E-state index contributed by atoms with van der Waals surface area (Å²) in [5.74, 6) is 2.44. The van der Waals surface area contributed by atoms with Crippen LogP contribution in [0.15, 0.2) is 46.6 Å². The van der Waals surface area contributed by atoms with Gasteiger partial charge in [0.05, 0.1) is 0 Å². The molecule has 0 amide bonds. The van der Waals surface area contributed by atoms with Gasteiger partial charge in [-0.3, -0.25) is 0 Å². The highest BCUT2D eigenvalue weighted by molar-refractivity contribution is 7.81. The fourth-order valence-electron chi connectivity index (χ4n) is 3.48. The molecule has 0 radical (unpaired) electrons. The molecule has 0 saturated carbocycles. The Balaban J connectivity index is 2.67. The first-order valence-electron chi connectivity index (χ1n) is 7.86. The summed E-state index contributed by atoms with van der Waals surface area (Å²) < 4.78 is 6.20. The Morgan fingerprint density at radius 2 is 1.95 bits per heavy atom. The average molecular weight is 335 g/mol. The quantitative estimate of drug-likeness (QED) is 0.662. The first kappa shape index (κ1) is 17.6. The van der Waals surface area contributed by atoms with Crippen molar-refractivity contribution in [2.24, 2.45) is 5.92 Å². The van der Waals surface area contributed by atoms with E-state index in [1.165, 1.54) is 11.1 Å². The van der Waals surface area contributed by atoms with Gasteiger partial charge in [0, 0.05) is 26.7 Å². The van der Waals surface area contributed by atoms with Crippen molar-refractivity contribution in [3.63, 3.8) is 0 Å². The third kappa shape index (κ3) is 3.41. The molecule has 0 aromatic heterocycles. The number of fused-ring (bicyclic) bond motifs is 1. The third-order valence-electron chi connectivity index (χ3n) is 4.14. The van der Waals surface area contributed by atoms with Gasteiger partial charge in [0.2, 0.25) is 0 Å². The predicted octanol–water partition coefficient (Wildman–Crippen LogP) is 5.82. The Labute approximate surface area is 145 Å². The van der Waals surface area contributed by atoms with Crippen molar-refractivity contribution >= 4 is 25.3 Å². The maximum absolute atomic E-state index is 6.20. The molecule has 2 atom stereocenters. The monoisotopic (exact) mass is 334 g/mol. The molecule has 2 rings (SSSR count). The van der Waals surface area contributed by atoms with Crippen LogP contribution in [0.25, 0.3) is 0 Å². The van der Waals surface area contributed by atoms with Gasteiger partial charge in [-0.05, 0) is 44.4 Å². The Kier molecular flexibility index (Phi) is 5.39. The first-order chi connectivity index (χ1) is 10.3. The number of ether oxygens (including phenoxy) is 1. The number of allylic oxidation sites excluding steroid dienone is 2. The normalized spacial score (nSPS) is 26.2. The molecule has 0 spiro atoms. The summed E-state index contributed by atoms with van der Waals surface area (Å²) >= 11 is 8.97. The van der Waals surface area contributed by atoms with E-state index in [2.05, 4.69) is 78.1 Å². The highest BCUT2D eigenvalue weighted by atomic mass is 32.1. The Hall–Kier alpha value is -0.800. The minimum atomic E-state index is -0.0491. The predicted molar refractivity (Wildman–Crippen MR) is 101 cm³/mol. The van der Waals surface area contributed by atoms with Crippen LogP contribution >= 0.6 is 25.3 Å². The van der Waals surface area contributed by atoms with Gasteiger partial charge in [0.25, 0.3) is 0 Å². The van der Waals surface area contributed by atoms with Crippen LogP contribution in [-0.2, 0) is 5.41 Å². The number of hydrogen-bond donors (Lipinski definition) is 2. The second-order valence-electron chi connectivity index (χ2n) is 6.69. The fourth-order valence-corrected chi connectivity index (χ4v) is 3.81. The van der Waals surface area contributed by atoms with Gasteiger partial charge in [-0.25, -0.2) is 0 Å². The van der Waals surface area contributed by atoms with Crippen molar-refractivity contribution in [1.82, 2.24) is 0 Å². The molecule has 22 heavy (non-hydrogen) atoms. The first-order valence-corrected chi connectivity index (χ1v) is 8.82. The zero-order valence-electron chi connectivity index (χ0n) is 14.1. The average Bonchev–Trinajstić information content (AvgIpc) is 2.36. The lowest BCUT2D eigenvalue weighted by Crippen LogP contribution is -2.33. The van der Waals surface area contributed by atoms with Crippen molar-refractivity contribution in [2.45, 2.75) is 56.6 Å². The molecule has 0 saturated heterocycles. The zero-order valence-corrected chi connectivity index (χ0v) is 15.8. The number of thiol groups is 2. The highest BCUT2D eigenvalue weighted by Crippen LogP contribution is 2.50. The van der Waals surface area contributed by atoms with Gasteiger partial charge < -0.3 is 4.74 Å². The lowest BCUT2D eigenvalue weighted by molar-refractivity contribution is 0.326. The molecule has 1 nitrogen and oxygen atoms in total. The lowest BCUT2D eigenvalue weighted by atomic mass is 9.68. The second-order valence-corrected chi connectivity index (χ2v) is 8.02. The minimum Gasteiger partial charge on any atom is -0.457 e.